The number of carbonyl (C=O) groups excluding carboxylic acids is 2. The highest BCUT2D eigenvalue weighted by molar-refractivity contribution is 5.90. The largest absolute Gasteiger partial charge is 0.464 e. The van der Waals surface area contributed by atoms with Gasteiger partial charge in [-0.15, -0.1) is 0 Å². The first-order valence-corrected chi connectivity index (χ1v) is 8.51. The zero-order valence-electron chi connectivity index (χ0n) is 15.4. The molecule has 1 unspecified atom stereocenters. The van der Waals surface area contributed by atoms with Crippen LogP contribution in [0.3, 0.4) is 0 Å². The number of hydrogen-bond acceptors (Lipinski definition) is 5. The Morgan fingerprint density at radius 3 is 2.78 bits per heavy atom. The number of aryl methyl sites for hydroxylation is 1. The maximum atomic E-state index is 12.0. The van der Waals surface area contributed by atoms with Gasteiger partial charge in [-0.1, -0.05) is 24.0 Å². The lowest BCUT2D eigenvalue weighted by Gasteiger charge is -2.13. The van der Waals surface area contributed by atoms with Crippen molar-refractivity contribution in [3.05, 3.63) is 53.2 Å². The third-order valence-corrected chi connectivity index (χ3v) is 4.45. The Morgan fingerprint density at radius 2 is 2.11 bits per heavy atom. The quantitative estimate of drug-likeness (QED) is 0.649. The molecule has 0 spiro atoms. The van der Waals surface area contributed by atoms with Crippen molar-refractivity contribution < 1.29 is 19.4 Å². The number of rotatable bonds is 2. The number of esters is 1. The van der Waals surface area contributed by atoms with Gasteiger partial charge in [-0.3, -0.25) is 4.79 Å². The van der Waals surface area contributed by atoms with Gasteiger partial charge in [0.05, 0.1) is 12.8 Å². The molecule has 1 saturated heterocycles. The second-order valence-electron chi connectivity index (χ2n) is 6.57. The molecule has 6 nitrogen and oxygen atoms in total. The predicted octanol–water partition coefficient (Wildman–Crippen LogP) is 1.79. The summed E-state index contributed by atoms with van der Waals surface area (Å²) in [5.74, 6) is 4.71. The molecular formula is C21H20N2O4. The summed E-state index contributed by atoms with van der Waals surface area (Å²) in [6.45, 7) is 2.35. The number of hydrogen-bond donors (Lipinski definition) is 1. The monoisotopic (exact) mass is 364 g/mol. The van der Waals surface area contributed by atoms with Gasteiger partial charge in [-0.25, -0.2) is 9.78 Å². The molecule has 27 heavy (non-hydrogen) atoms. The topological polar surface area (TPSA) is 79.7 Å². The van der Waals surface area contributed by atoms with Gasteiger partial charge in [0.25, 0.3) is 5.91 Å². The van der Waals surface area contributed by atoms with Crippen LogP contribution in [-0.2, 0) is 9.53 Å². The standard InChI is InChI=1S/C21H20N2O4/c1-14-11-17(22-18(12-14)19(24)27-3)16-6-4-5-15(13-16)7-8-21(26)9-10-23(2)20(21)25/h4-6,11-13,26H,9-10H2,1-3H3. The molecule has 1 aromatic carbocycles. The molecule has 6 heteroatoms. The number of methoxy groups -OCH3 is 1. The highest BCUT2D eigenvalue weighted by atomic mass is 16.5. The molecule has 1 aromatic heterocycles. The van der Waals surface area contributed by atoms with E-state index in [1.807, 2.05) is 31.2 Å². The van der Waals surface area contributed by atoms with Crippen molar-refractivity contribution >= 4 is 11.9 Å². The van der Waals surface area contributed by atoms with Gasteiger partial charge < -0.3 is 14.7 Å². The summed E-state index contributed by atoms with van der Waals surface area (Å²) in [5, 5.41) is 10.4. The van der Waals surface area contributed by atoms with Crippen LogP contribution in [0.4, 0.5) is 0 Å². The predicted molar refractivity (Wildman–Crippen MR) is 99.8 cm³/mol. The molecule has 138 valence electrons. The van der Waals surface area contributed by atoms with Crippen LogP contribution in [0.15, 0.2) is 36.4 Å². The molecule has 0 radical (unpaired) electrons. The zero-order chi connectivity index (χ0) is 19.6. The summed E-state index contributed by atoms with van der Waals surface area (Å²) in [6.07, 6.45) is 0.289. The van der Waals surface area contributed by atoms with Crippen molar-refractivity contribution in [1.29, 1.82) is 0 Å². The van der Waals surface area contributed by atoms with Crippen molar-refractivity contribution in [2.75, 3.05) is 20.7 Å². The van der Waals surface area contributed by atoms with Crippen LogP contribution in [0.1, 0.15) is 28.0 Å². The Hall–Kier alpha value is -3.17. The van der Waals surface area contributed by atoms with Crippen molar-refractivity contribution in [3.8, 4) is 23.1 Å². The minimum Gasteiger partial charge on any atom is -0.464 e. The van der Waals surface area contributed by atoms with Crippen LogP contribution in [0.2, 0.25) is 0 Å². The first kappa shape index (κ1) is 18.6. The van der Waals surface area contributed by atoms with E-state index in [1.165, 1.54) is 12.0 Å². The van der Waals surface area contributed by atoms with E-state index >= 15 is 0 Å². The molecule has 1 fully saturated rings. The van der Waals surface area contributed by atoms with E-state index in [9.17, 15) is 14.7 Å². The number of likely N-dealkylation sites (tertiary alicyclic amines) is 1. The van der Waals surface area contributed by atoms with Crippen LogP contribution >= 0.6 is 0 Å². The number of ether oxygens (including phenoxy) is 1. The molecule has 1 amide bonds. The Kier molecular flexibility index (Phi) is 4.98. The van der Waals surface area contributed by atoms with Gasteiger partial charge in [0.15, 0.2) is 0 Å². The minimum atomic E-state index is -1.63. The number of pyridine rings is 1. The molecule has 2 heterocycles. The second-order valence-corrected chi connectivity index (χ2v) is 6.57. The number of benzene rings is 1. The lowest BCUT2D eigenvalue weighted by Crippen LogP contribution is -2.37. The van der Waals surface area contributed by atoms with Crippen molar-refractivity contribution in [3.63, 3.8) is 0 Å². The maximum absolute atomic E-state index is 12.0. The van der Waals surface area contributed by atoms with Crippen molar-refractivity contribution in [1.82, 2.24) is 9.88 Å². The van der Waals surface area contributed by atoms with Gasteiger partial charge in [0.1, 0.15) is 5.69 Å². The number of likely N-dealkylation sites (N-methyl/N-ethyl adjacent to an activating group) is 1. The summed E-state index contributed by atoms with van der Waals surface area (Å²) in [4.78, 5) is 29.6. The molecule has 1 atom stereocenters. The van der Waals surface area contributed by atoms with Crippen molar-refractivity contribution in [2.24, 2.45) is 0 Å². The number of aromatic nitrogens is 1. The van der Waals surface area contributed by atoms with Gasteiger partial charge in [-0.05, 0) is 36.8 Å². The number of nitrogens with zero attached hydrogens (tertiary/aromatic N) is 2. The molecule has 0 saturated carbocycles. The Bertz CT molecular complexity index is 974. The fourth-order valence-electron chi connectivity index (χ4n) is 2.93. The number of aliphatic hydroxyl groups is 1. The van der Waals surface area contributed by atoms with E-state index in [0.717, 1.165) is 11.1 Å². The third kappa shape index (κ3) is 3.83. The molecule has 0 aliphatic carbocycles. The summed E-state index contributed by atoms with van der Waals surface area (Å²) in [6, 6.07) is 10.8. The average Bonchev–Trinajstić information content (AvgIpc) is 2.93. The smallest absolute Gasteiger partial charge is 0.356 e. The summed E-state index contributed by atoms with van der Waals surface area (Å²) < 4.78 is 4.74. The fourth-order valence-corrected chi connectivity index (χ4v) is 2.93. The van der Waals surface area contributed by atoms with Crippen LogP contribution in [0, 0.1) is 18.8 Å². The van der Waals surface area contributed by atoms with Crippen LogP contribution in [-0.4, -0.2) is 53.2 Å². The molecule has 1 N–H and O–H groups in total. The van der Waals surface area contributed by atoms with E-state index in [0.29, 0.717) is 17.8 Å². The highest BCUT2D eigenvalue weighted by Gasteiger charge is 2.42. The van der Waals surface area contributed by atoms with E-state index in [-0.39, 0.29) is 18.0 Å². The highest BCUT2D eigenvalue weighted by Crippen LogP contribution is 2.23. The molecule has 1 aliphatic heterocycles. The van der Waals surface area contributed by atoms with Crippen molar-refractivity contribution in [2.45, 2.75) is 18.9 Å². The van der Waals surface area contributed by atoms with Gasteiger partial charge in [0.2, 0.25) is 5.60 Å². The first-order valence-electron chi connectivity index (χ1n) is 8.51. The maximum Gasteiger partial charge on any atom is 0.356 e. The van der Waals surface area contributed by atoms with E-state index in [4.69, 9.17) is 4.74 Å². The summed E-state index contributed by atoms with van der Waals surface area (Å²) in [7, 11) is 2.96. The van der Waals surface area contributed by atoms with Crippen LogP contribution in [0.25, 0.3) is 11.3 Å². The molecule has 0 bridgehead atoms. The molecule has 3 rings (SSSR count). The molecule has 1 aliphatic rings. The summed E-state index contributed by atoms with van der Waals surface area (Å²) >= 11 is 0. The average molecular weight is 364 g/mol. The summed E-state index contributed by atoms with van der Waals surface area (Å²) in [5.41, 5.74) is 1.52. The Balaban J connectivity index is 1.94. The van der Waals surface area contributed by atoms with Crippen LogP contribution in [0.5, 0.6) is 0 Å². The third-order valence-electron chi connectivity index (χ3n) is 4.45. The fraction of sp³-hybridized carbons (Fsp3) is 0.286. The second kappa shape index (κ2) is 7.22. The van der Waals surface area contributed by atoms with E-state index < -0.39 is 11.6 Å². The zero-order valence-corrected chi connectivity index (χ0v) is 15.4. The van der Waals surface area contributed by atoms with Gasteiger partial charge in [-0.2, -0.15) is 0 Å². The normalized spacial score (nSPS) is 18.8. The minimum absolute atomic E-state index is 0.234. The van der Waals surface area contributed by atoms with E-state index in [1.54, 1.807) is 19.2 Å². The van der Waals surface area contributed by atoms with Gasteiger partial charge in [0, 0.05) is 31.1 Å². The lowest BCUT2D eigenvalue weighted by atomic mass is 10.0. The lowest BCUT2D eigenvalue weighted by molar-refractivity contribution is -0.137. The van der Waals surface area contributed by atoms with E-state index in [2.05, 4.69) is 16.8 Å². The Morgan fingerprint density at radius 1 is 1.33 bits per heavy atom. The Labute approximate surface area is 157 Å². The molecular weight excluding hydrogens is 344 g/mol. The SMILES string of the molecule is COC(=O)c1cc(C)cc(-c2cccc(C#CC3(O)CCN(C)C3=O)c2)n1. The number of amides is 1. The van der Waals surface area contributed by atoms with Crippen LogP contribution < -0.4 is 0 Å². The molecule has 2 aromatic rings. The number of carbonyl (C=O) groups is 2. The van der Waals surface area contributed by atoms with Gasteiger partial charge >= 0.3 is 5.97 Å². The first-order chi connectivity index (χ1) is 12.8.